The molecule has 0 saturated carbocycles. The molecule has 4 rings (SSSR count). The van der Waals surface area contributed by atoms with Crippen LogP contribution in [0.15, 0.2) is 55.1 Å². The highest BCUT2D eigenvalue weighted by Crippen LogP contribution is 2.31. The first-order chi connectivity index (χ1) is 14.2. The summed E-state index contributed by atoms with van der Waals surface area (Å²) in [7, 11) is 1.60. The lowest BCUT2D eigenvalue weighted by Gasteiger charge is -2.32. The maximum absolute atomic E-state index is 12.6. The van der Waals surface area contributed by atoms with Gasteiger partial charge in [-0.2, -0.15) is 5.10 Å². The number of ether oxygens (including phenoxy) is 2. The van der Waals surface area contributed by atoms with Crippen molar-refractivity contribution in [2.45, 2.75) is 25.3 Å². The van der Waals surface area contributed by atoms with Gasteiger partial charge >= 0.3 is 0 Å². The van der Waals surface area contributed by atoms with Crippen LogP contribution in [0.1, 0.15) is 24.5 Å². The molecule has 1 fully saturated rings. The van der Waals surface area contributed by atoms with Crippen molar-refractivity contribution in [3.8, 4) is 17.4 Å². The van der Waals surface area contributed by atoms with Crippen LogP contribution >= 0.6 is 0 Å². The third-order valence-electron chi connectivity index (χ3n) is 4.96. The van der Waals surface area contributed by atoms with Crippen LogP contribution in [0.2, 0.25) is 0 Å². The Morgan fingerprint density at radius 2 is 2.07 bits per heavy atom. The van der Waals surface area contributed by atoms with E-state index in [2.05, 4.69) is 15.1 Å². The lowest BCUT2D eigenvalue weighted by molar-refractivity contribution is -0.133. The van der Waals surface area contributed by atoms with Gasteiger partial charge in [0.2, 0.25) is 11.8 Å². The second-order valence-corrected chi connectivity index (χ2v) is 6.92. The molecule has 0 aliphatic carbocycles. The number of hydrogen-bond donors (Lipinski definition) is 0. The molecule has 3 heterocycles. The zero-order valence-corrected chi connectivity index (χ0v) is 16.3. The van der Waals surface area contributed by atoms with Crippen molar-refractivity contribution in [3.63, 3.8) is 0 Å². The number of carbonyl (C=O) groups is 1. The van der Waals surface area contributed by atoms with Gasteiger partial charge in [-0.1, -0.05) is 12.1 Å². The highest BCUT2D eigenvalue weighted by Gasteiger charge is 2.26. The van der Waals surface area contributed by atoms with Gasteiger partial charge in [-0.15, -0.1) is 0 Å². The van der Waals surface area contributed by atoms with Gasteiger partial charge in [-0.05, 0) is 31.0 Å². The predicted octanol–water partition coefficient (Wildman–Crippen LogP) is 2.88. The van der Waals surface area contributed by atoms with E-state index in [9.17, 15) is 4.79 Å². The second-order valence-electron chi connectivity index (χ2n) is 6.92. The molecule has 1 aliphatic heterocycles. The molecule has 0 N–H and O–H groups in total. The van der Waals surface area contributed by atoms with Gasteiger partial charge < -0.3 is 14.4 Å². The van der Waals surface area contributed by atoms with E-state index in [0.717, 1.165) is 25.1 Å². The van der Waals surface area contributed by atoms with Crippen molar-refractivity contribution >= 4 is 5.91 Å². The van der Waals surface area contributed by atoms with E-state index in [-0.39, 0.29) is 18.4 Å². The van der Waals surface area contributed by atoms with Crippen molar-refractivity contribution in [3.05, 3.63) is 60.8 Å². The molecule has 1 amide bonds. The Morgan fingerprint density at radius 1 is 1.21 bits per heavy atom. The average Bonchev–Trinajstić information content (AvgIpc) is 3.27. The Kier molecular flexibility index (Phi) is 5.69. The molecule has 3 aromatic rings. The average molecular weight is 393 g/mol. The first-order valence-corrected chi connectivity index (χ1v) is 9.61. The summed E-state index contributed by atoms with van der Waals surface area (Å²) in [4.78, 5) is 23.4. The predicted molar refractivity (Wildman–Crippen MR) is 106 cm³/mol. The van der Waals surface area contributed by atoms with Crippen molar-refractivity contribution in [1.82, 2.24) is 24.6 Å². The number of hydrogen-bond acceptors (Lipinski definition) is 6. The van der Waals surface area contributed by atoms with Crippen LogP contribution < -0.4 is 9.47 Å². The number of carbonyl (C=O) groups excluding carboxylic acids is 1. The Bertz CT molecular complexity index is 960. The van der Waals surface area contributed by atoms with Crippen LogP contribution in [-0.2, 0) is 11.3 Å². The van der Waals surface area contributed by atoms with Crippen molar-refractivity contribution < 1.29 is 14.3 Å². The summed E-state index contributed by atoms with van der Waals surface area (Å²) < 4.78 is 12.9. The minimum atomic E-state index is 0.0628. The van der Waals surface area contributed by atoms with Gasteiger partial charge in [0.15, 0.2) is 11.5 Å². The number of methoxy groups -OCH3 is 1. The largest absolute Gasteiger partial charge is 0.493 e. The van der Waals surface area contributed by atoms with Gasteiger partial charge in [0.25, 0.3) is 0 Å². The molecule has 1 aliphatic rings. The van der Waals surface area contributed by atoms with E-state index in [4.69, 9.17) is 9.47 Å². The number of rotatable bonds is 6. The number of likely N-dealkylation sites (tertiary alicyclic amines) is 1. The highest BCUT2D eigenvalue weighted by atomic mass is 16.5. The Hall–Kier alpha value is -3.42. The summed E-state index contributed by atoms with van der Waals surface area (Å²) >= 11 is 0. The first kappa shape index (κ1) is 18.9. The number of piperidine rings is 1. The number of nitrogens with zero attached hydrogens (tertiary/aromatic N) is 5. The third-order valence-corrected chi connectivity index (χ3v) is 4.96. The minimum absolute atomic E-state index is 0.0628. The summed E-state index contributed by atoms with van der Waals surface area (Å²) in [6.45, 7) is 1.62. The standard InChI is InChI=1S/C21H23N5O3/c1-28-18-7-2-3-8-19(18)29-20-13-22-12-17(24-20)16-6-4-10-25(14-16)21(27)15-26-11-5-9-23-26/h2-3,5,7-9,11-13,16H,4,6,10,14-15H2,1H3/t16-/m1/s1. The van der Waals surface area contributed by atoms with Crippen LogP contribution in [0.4, 0.5) is 0 Å². The summed E-state index contributed by atoms with van der Waals surface area (Å²) in [5, 5.41) is 4.11. The molecule has 1 atom stereocenters. The Morgan fingerprint density at radius 3 is 2.86 bits per heavy atom. The molecule has 29 heavy (non-hydrogen) atoms. The van der Waals surface area contributed by atoms with E-state index in [1.807, 2.05) is 35.2 Å². The van der Waals surface area contributed by atoms with Crippen molar-refractivity contribution in [1.29, 1.82) is 0 Å². The fraction of sp³-hybridized carbons (Fsp3) is 0.333. The lowest BCUT2D eigenvalue weighted by atomic mass is 9.95. The molecule has 0 unspecified atom stereocenters. The third kappa shape index (κ3) is 4.53. The maximum atomic E-state index is 12.6. The summed E-state index contributed by atoms with van der Waals surface area (Å²) in [5.41, 5.74) is 0.828. The molecule has 8 nitrogen and oxygen atoms in total. The van der Waals surface area contributed by atoms with E-state index in [1.165, 1.54) is 0 Å². The molecular weight excluding hydrogens is 370 g/mol. The molecule has 150 valence electrons. The second kappa shape index (κ2) is 8.72. The molecule has 2 aromatic heterocycles. The molecule has 1 aromatic carbocycles. The van der Waals surface area contributed by atoms with Gasteiger partial charge in [0.05, 0.1) is 19.0 Å². The topological polar surface area (TPSA) is 82.4 Å². The highest BCUT2D eigenvalue weighted by molar-refractivity contribution is 5.76. The fourth-order valence-electron chi connectivity index (χ4n) is 3.50. The quantitative estimate of drug-likeness (QED) is 0.640. The molecule has 0 radical (unpaired) electrons. The lowest BCUT2D eigenvalue weighted by Crippen LogP contribution is -2.41. The Balaban J connectivity index is 1.45. The normalized spacial score (nSPS) is 16.4. The molecule has 0 spiro atoms. The van der Waals surface area contributed by atoms with Gasteiger partial charge in [0, 0.05) is 37.6 Å². The van der Waals surface area contributed by atoms with Crippen molar-refractivity contribution in [2.24, 2.45) is 0 Å². The van der Waals surface area contributed by atoms with Crippen LogP contribution in [0.3, 0.4) is 0 Å². The summed E-state index contributed by atoms with van der Waals surface area (Å²) in [6.07, 6.45) is 8.69. The Labute approximate surface area is 169 Å². The van der Waals surface area contributed by atoms with E-state index in [0.29, 0.717) is 23.9 Å². The van der Waals surface area contributed by atoms with E-state index < -0.39 is 0 Å². The number of para-hydroxylation sites is 2. The zero-order valence-electron chi connectivity index (χ0n) is 16.3. The number of aromatic nitrogens is 4. The SMILES string of the molecule is COc1ccccc1Oc1cncc([C@@H]2CCCN(C(=O)Cn3cccn3)C2)n1. The summed E-state index contributed by atoms with van der Waals surface area (Å²) in [6, 6.07) is 9.22. The fourth-order valence-corrected chi connectivity index (χ4v) is 3.50. The first-order valence-electron chi connectivity index (χ1n) is 9.61. The van der Waals surface area contributed by atoms with Crippen LogP contribution in [0, 0.1) is 0 Å². The van der Waals surface area contributed by atoms with E-state index >= 15 is 0 Å². The van der Waals surface area contributed by atoms with Crippen LogP contribution in [0.25, 0.3) is 0 Å². The molecule has 1 saturated heterocycles. The number of benzene rings is 1. The van der Waals surface area contributed by atoms with E-state index in [1.54, 1.807) is 36.6 Å². The smallest absolute Gasteiger partial charge is 0.244 e. The molecular formula is C21H23N5O3. The monoisotopic (exact) mass is 393 g/mol. The molecule has 8 heteroatoms. The van der Waals surface area contributed by atoms with Gasteiger partial charge in [0.1, 0.15) is 6.54 Å². The molecule has 0 bridgehead atoms. The number of amides is 1. The van der Waals surface area contributed by atoms with Crippen LogP contribution in [0.5, 0.6) is 17.4 Å². The van der Waals surface area contributed by atoms with Crippen molar-refractivity contribution in [2.75, 3.05) is 20.2 Å². The minimum Gasteiger partial charge on any atom is -0.493 e. The van der Waals surface area contributed by atoms with Crippen LogP contribution in [-0.4, -0.2) is 50.8 Å². The van der Waals surface area contributed by atoms with Gasteiger partial charge in [-0.3, -0.25) is 14.5 Å². The zero-order chi connectivity index (χ0) is 20.1. The maximum Gasteiger partial charge on any atom is 0.244 e. The summed E-state index contributed by atoms with van der Waals surface area (Å²) in [5.74, 6) is 1.81. The van der Waals surface area contributed by atoms with Gasteiger partial charge in [-0.25, -0.2) is 4.98 Å².